The Morgan fingerprint density at radius 3 is 2.95 bits per heavy atom. The SMILES string of the molecule is O[C@@H]1C[C@@H]2CN(c3ccnc4cc(Cl)ccc34)C[C@@H]21. The number of hydrogen-bond acceptors (Lipinski definition) is 3. The van der Waals surface area contributed by atoms with E-state index in [0.29, 0.717) is 16.9 Å². The second-order valence-electron chi connectivity index (χ2n) is 5.62. The van der Waals surface area contributed by atoms with Crippen molar-refractivity contribution in [2.75, 3.05) is 18.0 Å². The molecular weight excluding hydrogens is 260 g/mol. The summed E-state index contributed by atoms with van der Waals surface area (Å²) in [6, 6.07) is 7.92. The minimum Gasteiger partial charge on any atom is -0.393 e. The summed E-state index contributed by atoms with van der Waals surface area (Å²) in [6.07, 6.45) is 2.69. The van der Waals surface area contributed by atoms with Gasteiger partial charge in [-0.3, -0.25) is 4.98 Å². The van der Waals surface area contributed by atoms with Gasteiger partial charge in [0, 0.05) is 41.3 Å². The number of aliphatic hydroxyl groups is 1. The molecule has 0 radical (unpaired) electrons. The summed E-state index contributed by atoms with van der Waals surface area (Å²) < 4.78 is 0. The molecule has 0 spiro atoms. The largest absolute Gasteiger partial charge is 0.393 e. The summed E-state index contributed by atoms with van der Waals surface area (Å²) in [5.41, 5.74) is 2.15. The molecule has 1 aliphatic carbocycles. The summed E-state index contributed by atoms with van der Waals surface area (Å²) >= 11 is 6.02. The van der Waals surface area contributed by atoms with E-state index in [1.54, 1.807) is 0 Å². The molecule has 4 heteroatoms. The number of halogens is 1. The zero-order valence-electron chi connectivity index (χ0n) is 10.5. The van der Waals surface area contributed by atoms with E-state index in [1.807, 2.05) is 24.4 Å². The van der Waals surface area contributed by atoms with Gasteiger partial charge in [0.2, 0.25) is 0 Å². The maximum absolute atomic E-state index is 9.78. The summed E-state index contributed by atoms with van der Waals surface area (Å²) in [5.74, 6) is 1.11. The summed E-state index contributed by atoms with van der Waals surface area (Å²) in [4.78, 5) is 6.76. The van der Waals surface area contributed by atoms with Crippen LogP contribution >= 0.6 is 11.6 Å². The highest BCUT2D eigenvalue weighted by Crippen LogP contribution is 2.43. The highest BCUT2D eigenvalue weighted by molar-refractivity contribution is 6.31. The molecule has 2 aliphatic rings. The van der Waals surface area contributed by atoms with Crippen LogP contribution < -0.4 is 4.90 Å². The molecule has 3 atom stereocenters. The third kappa shape index (κ3) is 1.72. The number of anilines is 1. The van der Waals surface area contributed by atoms with Crippen LogP contribution in [-0.2, 0) is 0 Å². The molecule has 3 nitrogen and oxygen atoms in total. The van der Waals surface area contributed by atoms with Gasteiger partial charge in [0.05, 0.1) is 11.6 Å². The van der Waals surface area contributed by atoms with Gasteiger partial charge in [0.15, 0.2) is 0 Å². The maximum atomic E-state index is 9.78. The fourth-order valence-corrected chi connectivity index (χ4v) is 3.62. The van der Waals surface area contributed by atoms with Crippen LogP contribution in [0.5, 0.6) is 0 Å². The lowest BCUT2D eigenvalue weighted by molar-refractivity contribution is -0.00398. The molecule has 2 fully saturated rings. The molecule has 0 bridgehead atoms. The Morgan fingerprint density at radius 2 is 2.16 bits per heavy atom. The lowest BCUT2D eigenvalue weighted by atomic mass is 9.74. The molecule has 0 amide bonds. The van der Waals surface area contributed by atoms with Gasteiger partial charge in [0.1, 0.15) is 0 Å². The monoisotopic (exact) mass is 274 g/mol. The second-order valence-corrected chi connectivity index (χ2v) is 6.06. The molecule has 1 N–H and O–H groups in total. The first-order valence-corrected chi connectivity index (χ1v) is 7.07. The van der Waals surface area contributed by atoms with E-state index in [9.17, 15) is 5.11 Å². The van der Waals surface area contributed by atoms with Crippen molar-refractivity contribution in [2.24, 2.45) is 11.8 Å². The van der Waals surface area contributed by atoms with E-state index in [2.05, 4.69) is 16.0 Å². The lowest BCUT2D eigenvalue weighted by Gasteiger charge is -2.34. The third-order valence-electron chi connectivity index (χ3n) is 4.55. The lowest BCUT2D eigenvalue weighted by Crippen LogP contribution is -2.39. The second kappa shape index (κ2) is 4.09. The molecule has 2 heterocycles. The number of hydrogen-bond donors (Lipinski definition) is 1. The first-order valence-electron chi connectivity index (χ1n) is 6.69. The van der Waals surface area contributed by atoms with Gasteiger partial charge in [-0.15, -0.1) is 0 Å². The fraction of sp³-hybridized carbons (Fsp3) is 0.400. The van der Waals surface area contributed by atoms with E-state index in [1.165, 1.54) is 5.69 Å². The Balaban J connectivity index is 1.75. The molecule has 19 heavy (non-hydrogen) atoms. The van der Waals surface area contributed by atoms with E-state index in [-0.39, 0.29) is 6.10 Å². The van der Waals surface area contributed by atoms with Crippen molar-refractivity contribution in [1.29, 1.82) is 0 Å². The van der Waals surface area contributed by atoms with E-state index >= 15 is 0 Å². The Morgan fingerprint density at radius 1 is 1.26 bits per heavy atom. The molecule has 98 valence electrons. The van der Waals surface area contributed by atoms with E-state index < -0.39 is 0 Å². The Labute approximate surface area is 116 Å². The topological polar surface area (TPSA) is 36.4 Å². The predicted octanol–water partition coefficient (Wildman–Crippen LogP) is 2.71. The van der Waals surface area contributed by atoms with Crippen molar-refractivity contribution in [1.82, 2.24) is 4.98 Å². The van der Waals surface area contributed by atoms with Crippen molar-refractivity contribution in [2.45, 2.75) is 12.5 Å². The zero-order valence-corrected chi connectivity index (χ0v) is 11.2. The smallest absolute Gasteiger partial charge is 0.0737 e. The number of fused-ring (bicyclic) bond motifs is 2. The van der Waals surface area contributed by atoms with Crippen LogP contribution in [0.4, 0.5) is 5.69 Å². The zero-order chi connectivity index (χ0) is 13.0. The number of aliphatic hydroxyl groups excluding tert-OH is 1. The van der Waals surface area contributed by atoms with Crippen molar-refractivity contribution in [3.8, 4) is 0 Å². The van der Waals surface area contributed by atoms with E-state index in [4.69, 9.17) is 11.6 Å². The minimum atomic E-state index is -0.0995. The average molecular weight is 275 g/mol. The van der Waals surface area contributed by atoms with Crippen LogP contribution in [0.2, 0.25) is 5.02 Å². The van der Waals surface area contributed by atoms with Crippen molar-refractivity contribution < 1.29 is 5.11 Å². The average Bonchev–Trinajstić information content (AvgIpc) is 2.75. The van der Waals surface area contributed by atoms with Crippen LogP contribution in [0.15, 0.2) is 30.5 Å². The van der Waals surface area contributed by atoms with Crippen LogP contribution in [0, 0.1) is 11.8 Å². The highest BCUT2D eigenvalue weighted by Gasteiger charge is 2.46. The molecule has 1 aromatic carbocycles. The standard InChI is InChI=1S/C15H15ClN2O/c16-10-1-2-11-13(6-10)17-4-3-14(11)18-7-9-5-15(19)12(9)8-18/h1-4,6,9,12,15,19H,5,7-8H2/t9-,12+,15-/m1/s1. The number of benzene rings is 1. The van der Waals surface area contributed by atoms with Gasteiger partial charge in [-0.25, -0.2) is 0 Å². The number of aromatic nitrogens is 1. The number of rotatable bonds is 1. The normalized spacial score (nSPS) is 29.4. The van der Waals surface area contributed by atoms with Gasteiger partial charge in [-0.1, -0.05) is 11.6 Å². The van der Waals surface area contributed by atoms with Gasteiger partial charge in [-0.2, -0.15) is 0 Å². The number of pyridine rings is 1. The van der Waals surface area contributed by atoms with Gasteiger partial charge < -0.3 is 10.0 Å². The quantitative estimate of drug-likeness (QED) is 0.869. The molecule has 1 saturated carbocycles. The maximum Gasteiger partial charge on any atom is 0.0737 e. The van der Waals surface area contributed by atoms with Crippen LogP contribution in [0.3, 0.4) is 0 Å². The molecule has 1 aliphatic heterocycles. The highest BCUT2D eigenvalue weighted by atomic mass is 35.5. The Bertz CT molecular complexity index is 645. The van der Waals surface area contributed by atoms with Crippen LogP contribution in [-0.4, -0.2) is 29.3 Å². The fourth-order valence-electron chi connectivity index (χ4n) is 3.45. The van der Waals surface area contributed by atoms with Gasteiger partial charge in [0.25, 0.3) is 0 Å². The summed E-state index contributed by atoms with van der Waals surface area (Å²) in [5, 5.41) is 11.6. The van der Waals surface area contributed by atoms with E-state index in [0.717, 1.165) is 30.4 Å². The first kappa shape index (κ1) is 11.5. The first-order chi connectivity index (χ1) is 9.22. The van der Waals surface area contributed by atoms with Crippen molar-refractivity contribution in [3.63, 3.8) is 0 Å². The van der Waals surface area contributed by atoms with Crippen LogP contribution in [0.1, 0.15) is 6.42 Å². The Hall–Kier alpha value is -1.32. The van der Waals surface area contributed by atoms with Crippen LogP contribution in [0.25, 0.3) is 10.9 Å². The Kier molecular flexibility index (Phi) is 2.47. The molecule has 1 saturated heterocycles. The van der Waals surface area contributed by atoms with Gasteiger partial charge in [-0.05, 0) is 36.6 Å². The predicted molar refractivity (Wildman–Crippen MR) is 76.6 cm³/mol. The third-order valence-corrected chi connectivity index (χ3v) is 4.79. The minimum absolute atomic E-state index is 0.0995. The van der Waals surface area contributed by atoms with Crippen molar-refractivity contribution >= 4 is 28.2 Å². The molecule has 4 rings (SSSR count). The summed E-state index contributed by atoms with van der Waals surface area (Å²) in [7, 11) is 0. The number of nitrogens with zero attached hydrogens (tertiary/aromatic N) is 2. The summed E-state index contributed by atoms with van der Waals surface area (Å²) in [6.45, 7) is 2.00. The molecule has 1 aromatic heterocycles. The molecular formula is C15H15ClN2O. The van der Waals surface area contributed by atoms with Gasteiger partial charge >= 0.3 is 0 Å². The molecule has 0 unspecified atom stereocenters. The van der Waals surface area contributed by atoms with Crippen molar-refractivity contribution in [3.05, 3.63) is 35.5 Å². The molecule has 2 aromatic rings.